The van der Waals surface area contributed by atoms with Gasteiger partial charge in [-0.15, -0.1) is 0 Å². The van der Waals surface area contributed by atoms with Crippen molar-refractivity contribution in [2.45, 2.75) is 69.9 Å². The Kier molecular flexibility index (Phi) is 3.88. The number of hydrogen-bond donors (Lipinski definition) is 1. The van der Waals surface area contributed by atoms with Gasteiger partial charge in [-0.25, -0.2) is 0 Å². The van der Waals surface area contributed by atoms with Crippen molar-refractivity contribution >= 4 is 5.91 Å². The van der Waals surface area contributed by atoms with Gasteiger partial charge in [0.1, 0.15) is 0 Å². The first-order valence-corrected chi connectivity index (χ1v) is 7.87. The Morgan fingerprint density at radius 2 is 1.94 bits per heavy atom. The van der Waals surface area contributed by atoms with Crippen LogP contribution in [0.1, 0.15) is 57.8 Å². The smallest absolute Gasteiger partial charge is 0.224 e. The van der Waals surface area contributed by atoms with Gasteiger partial charge in [-0.05, 0) is 51.0 Å². The molecule has 0 radical (unpaired) electrons. The van der Waals surface area contributed by atoms with E-state index in [2.05, 4.69) is 10.2 Å². The van der Waals surface area contributed by atoms with Crippen LogP contribution in [0.25, 0.3) is 0 Å². The standard InChI is InChI=1S/C15H26N2O/c18-15(11-13-7-1-2-9-16-13)17-10-4-6-12-5-3-8-14(12)17/h12-14,16H,1-11H2. The highest BCUT2D eigenvalue weighted by Crippen LogP contribution is 2.37. The van der Waals surface area contributed by atoms with E-state index in [1.54, 1.807) is 0 Å². The first-order chi connectivity index (χ1) is 8.84. The zero-order valence-electron chi connectivity index (χ0n) is 11.4. The molecular formula is C15H26N2O. The fourth-order valence-electron chi connectivity index (χ4n) is 4.19. The van der Waals surface area contributed by atoms with Gasteiger partial charge >= 0.3 is 0 Å². The number of hydrogen-bond acceptors (Lipinski definition) is 2. The lowest BCUT2D eigenvalue weighted by atomic mass is 9.91. The fourth-order valence-corrected chi connectivity index (χ4v) is 4.19. The third kappa shape index (κ3) is 2.56. The van der Waals surface area contributed by atoms with E-state index in [1.807, 2.05) is 0 Å². The Morgan fingerprint density at radius 3 is 2.78 bits per heavy atom. The van der Waals surface area contributed by atoms with Gasteiger partial charge in [0.05, 0.1) is 0 Å². The summed E-state index contributed by atoms with van der Waals surface area (Å²) in [6.07, 6.45) is 11.0. The van der Waals surface area contributed by atoms with Crippen molar-refractivity contribution in [3.63, 3.8) is 0 Å². The predicted octanol–water partition coefficient (Wildman–Crippen LogP) is 2.31. The minimum atomic E-state index is 0.422. The van der Waals surface area contributed by atoms with E-state index >= 15 is 0 Å². The molecule has 1 aliphatic carbocycles. The zero-order chi connectivity index (χ0) is 12.4. The molecule has 3 aliphatic rings. The van der Waals surface area contributed by atoms with Gasteiger partial charge in [0.15, 0.2) is 0 Å². The summed E-state index contributed by atoms with van der Waals surface area (Å²) >= 11 is 0. The van der Waals surface area contributed by atoms with Crippen LogP contribution in [0.2, 0.25) is 0 Å². The second-order valence-corrected chi connectivity index (χ2v) is 6.34. The molecule has 3 atom stereocenters. The van der Waals surface area contributed by atoms with Gasteiger partial charge in [0.2, 0.25) is 5.91 Å². The Balaban J connectivity index is 1.57. The molecule has 3 unspecified atom stereocenters. The molecule has 1 saturated carbocycles. The van der Waals surface area contributed by atoms with Gasteiger partial charge in [-0.2, -0.15) is 0 Å². The van der Waals surface area contributed by atoms with Crippen LogP contribution in [0, 0.1) is 5.92 Å². The van der Waals surface area contributed by atoms with Crippen molar-refractivity contribution in [3.8, 4) is 0 Å². The first-order valence-electron chi connectivity index (χ1n) is 7.87. The van der Waals surface area contributed by atoms with Crippen LogP contribution in [0.4, 0.5) is 0 Å². The molecule has 2 aliphatic heterocycles. The van der Waals surface area contributed by atoms with E-state index in [0.717, 1.165) is 25.4 Å². The fraction of sp³-hybridized carbons (Fsp3) is 0.933. The summed E-state index contributed by atoms with van der Waals surface area (Å²) in [5.41, 5.74) is 0. The Hall–Kier alpha value is -0.570. The van der Waals surface area contributed by atoms with Gasteiger partial charge in [-0.1, -0.05) is 12.8 Å². The predicted molar refractivity (Wildman–Crippen MR) is 72.3 cm³/mol. The lowest BCUT2D eigenvalue weighted by Gasteiger charge is -2.39. The molecule has 18 heavy (non-hydrogen) atoms. The molecular weight excluding hydrogens is 224 g/mol. The van der Waals surface area contributed by atoms with E-state index in [9.17, 15) is 4.79 Å². The van der Waals surface area contributed by atoms with Crippen molar-refractivity contribution in [2.75, 3.05) is 13.1 Å². The highest BCUT2D eigenvalue weighted by molar-refractivity contribution is 5.77. The molecule has 3 heteroatoms. The highest BCUT2D eigenvalue weighted by atomic mass is 16.2. The number of piperidine rings is 2. The Labute approximate surface area is 110 Å². The Morgan fingerprint density at radius 1 is 1.06 bits per heavy atom. The van der Waals surface area contributed by atoms with E-state index in [0.29, 0.717) is 18.0 Å². The summed E-state index contributed by atoms with van der Waals surface area (Å²) in [5.74, 6) is 1.24. The van der Waals surface area contributed by atoms with Crippen molar-refractivity contribution in [3.05, 3.63) is 0 Å². The molecule has 1 amide bonds. The van der Waals surface area contributed by atoms with Crippen molar-refractivity contribution < 1.29 is 4.79 Å². The first kappa shape index (κ1) is 12.5. The minimum absolute atomic E-state index is 0.422. The molecule has 0 aromatic rings. The van der Waals surface area contributed by atoms with Crippen LogP contribution in [0.5, 0.6) is 0 Å². The van der Waals surface area contributed by atoms with Gasteiger partial charge in [0, 0.05) is 25.0 Å². The van der Waals surface area contributed by atoms with Crippen LogP contribution in [-0.2, 0) is 4.79 Å². The molecule has 0 aromatic carbocycles. The van der Waals surface area contributed by atoms with Gasteiger partial charge in [-0.3, -0.25) is 4.79 Å². The number of amides is 1. The van der Waals surface area contributed by atoms with Crippen molar-refractivity contribution in [2.24, 2.45) is 5.92 Å². The summed E-state index contributed by atoms with van der Waals surface area (Å²) in [7, 11) is 0. The molecule has 2 saturated heterocycles. The number of likely N-dealkylation sites (tertiary alicyclic amines) is 1. The molecule has 0 aromatic heterocycles. The number of rotatable bonds is 2. The molecule has 1 N–H and O–H groups in total. The monoisotopic (exact) mass is 250 g/mol. The number of fused-ring (bicyclic) bond motifs is 1. The van der Waals surface area contributed by atoms with Gasteiger partial charge in [0.25, 0.3) is 0 Å². The quantitative estimate of drug-likeness (QED) is 0.815. The molecule has 0 spiro atoms. The number of carbonyl (C=O) groups is 1. The van der Waals surface area contributed by atoms with Crippen LogP contribution < -0.4 is 5.32 Å². The molecule has 3 nitrogen and oxygen atoms in total. The van der Waals surface area contributed by atoms with Crippen molar-refractivity contribution in [1.82, 2.24) is 10.2 Å². The molecule has 102 valence electrons. The van der Waals surface area contributed by atoms with E-state index in [4.69, 9.17) is 0 Å². The number of nitrogens with zero attached hydrogens (tertiary/aromatic N) is 1. The normalized spacial score (nSPS) is 36.4. The molecule has 0 bridgehead atoms. The van der Waals surface area contributed by atoms with E-state index in [1.165, 1.54) is 51.4 Å². The average molecular weight is 250 g/mol. The third-order valence-electron chi connectivity index (χ3n) is 5.15. The lowest BCUT2D eigenvalue weighted by Crippen LogP contribution is -2.48. The average Bonchev–Trinajstić information content (AvgIpc) is 2.87. The van der Waals surface area contributed by atoms with Crippen LogP contribution >= 0.6 is 0 Å². The second kappa shape index (κ2) is 5.60. The molecule has 3 fully saturated rings. The maximum Gasteiger partial charge on any atom is 0.224 e. The minimum Gasteiger partial charge on any atom is -0.339 e. The maximum atomic E-state index is 12.5. The number of carbonyl (C=O) groups excluding carboxylic acids is 1. The van der Waals surface area contributed by atoms with E-state index in [-0.39, 0.29) is 0 Å². The van der Waals surface area contributed by atoms with Crippen LogP contribution in [-0.4, -0.2) is 36.0 Å². The topological polar surface area (TPSA) is 32.3 Å². The summed E-state index contributed by atoms with van der Waals surface area (Å²) < 4.78 is 0. The Bertz CT molecular complexity index is 299. The van der Waals surface area contributed by atoms with Crippen molar-refractivity contribution in [1.29, 1.82) is 0 Å². The highest BCUT2D eigenvalue weighted by Gasteiger charge is 2.37. The summed E-state index contributed by atoms with van der Waals surface area (Å²) in [6, 6.07) is 1.04. The lowest BCUT2D eigenvalue weighted by molar-refractivity contribution is -0.136. The maximum absolute atomic E-state index is 12.5. The third-order valence-corrected chi connectivity index (χ3v) is 5.15. The summed E-state index contributed by atoms with van der Waals surface area (Å²) in [5, 5.41) is 3.50. The largest absolute Gasteiger partial charge is 0.339 e. The molecule has 2 heterocycles. The summed E-state index contributed by atoms with van der Waals surface area (Å²) in [6.45, 7) is 2.12. The molecule has 3 rings (SSSR count). The van der Waals surface area contributed by atoms with Gasteiger partial charge < -0.3 is 10.2 Å². The second-order valence-electron chi connectivity index (χ2n) is 6.34. The number of nitrogens with one attached hydrogen (secondary N) is 1. The summed E-state index contributed by atoms with van der Waals surface area (Å²) in [4.78, 5) is 14.7. The van der Waals surface area contributed by atoms with Crippen LogP contribution in [0.15, 0.2) is 0 Å². The van der Waals surface area contributed by atoms with Crippen LogP contribution in [0.3, 0.4) is 0 Å². The van der Waals surface area contributed by atoms with E-state index < -0.39 is 0 Å². The zero-order valence-corrected chi connectivity index (χ0v) is 11.4. The SMILES string of the molecule is O=C(CC1CCCCN1)N1CCCC2CCCC21.